The standard InChI is InChI=1S/C17H20N4O2.HI/c1-2-19-16(22)12-20-17(18)21-13-7-6-10-15(11-13)23-14-8-4-3-5-9-14;/h3-11H,2,12H2,1H3,(H,19,22)(H3,18,20,21);1H. The number of nitrogens with two attached hydrogens (primary N) is 1. The van der Waals surface area contributed by atoms with E-state index in [-0.39, 0.29) is 42.4 Å². The first-order valence-electron chi connectivity index (χ1n) is 7.34. The molecule has 24 heavy (non-hydrogen) atoms. The van der Waals surface area contributed by atoms with Gasteiger partial charge >= 0.3 is 0 Å². The van der Waals surface area contributed by atoms with Gasteiger partial charge in [-0.05, 0) is 31.2 Å². The quantitative estimate of drug-likeness (QED) is 0.366. The fraction of sp³-hybridized carbons (Fsp3) is 0.176. The molecule has 128 valence electrons. The summed E-state index contributed by atoms with van der Waals surface area (Å²) in [7, 11) is 0. The lowest BCUT2D eigenvalue weighted by atomic mass is 10.3. The number of amides is 1. The van der Waals surface area contributed by atoms with Gasteiger partial charge in [-0.15, -0.1) is 24.0 Å². The van der Waals surface area contributed by atoms with Crippen LogP contribution in [0, 0.1) is 0 Å². The smallest absolute Gasteiger partial charge is 0.241 e. The van der Waals surface area contributed by atoms with Crippen LogP contribution in [0.15, 0.2) is 59.6 Å². The van der Waals surface area contributed by atoms with Crippen LogP contribution in [0.25, 0.3) is 0 Å². The first-order valence-corrected chi connectivity index (χ1v) is 7.34. The van der Waals surface area contributed by atoms with Gasteiger partial charge in [-0.2, -0.15) is 0 Å². The maximum atomic E-state index is 11.3. The minimum absolute atomic E-state index is 0. The molecule has 4 N–H and O–H groups in total. The third-order valence-electron chi connectivity index (χ3n) is 2.85. The minimum Gasteiger partial charge on any atom is -0.457 e. The highest BCUT2D eigenvalue weighted by atomic mass is 127. The number of anilines is 1. The Morgan fingerprint density at radius 1 is 1.12 bits per heavy atom. The number of nitrogens with one attached hydrogen (secondary N) is 2. The predicted molar refractivity (Wildman–Crippen MR) is 107 cm³/mol. The first-order chi connectivity index (χ1) is 11.2. The van der Waals surface area contributed by atoms with Crippen LogP contribution in [0.4, 0.5) is 5.69 Å². The van der Waals surface area contributed by atoms with E-state index in [1.807, 2.05) is 61.5 Å². The molecule has 0 aliphatic carbocycles. The highest BCUT2D eigenvalue weighted by Crippen LogP contribution is 2.23. The lowest BCUT2D eigenvalue weighted by molar-refractivity contribution is -0.119. The van der Waals surface area contributed by atoms with E-state index in [2.05, 4.69) is 15.6 Å². The summed E-state index contributed by atoms with van der Waals surface area (Å²) in [6.07, 6.45) is 0. The molecule has 0 radical (unpaired) electrons. The molecule has 0 aromatic heterocycles. The summed E-state index contributed by atoms with van der Waals surface area (Å²) in [4.78, 5) is 15.3. The van der Waals surface area contributed by atoms with Crippen molar-refractivity contribution in [3.8, 4) is 11.5 Å². The largest absolute Gasteiger partial charge is 0.457 e. The van der Waals surface area contributed by atoms with E-state index in [0.29, 0.717) is 12.3 Å². The fourth-order valence-electron chi connectivity index (χ4n) is 1.86. The van der Waals surface area contributed by atoms with Crippen molar-refractivity contribution in [2.45, 2.75) is 6.92 Å². The number of para-hydroxylation sites is 1. The number of halogens is 1. The van der Waals surface area contributed by atoms with Crippen molar-refractivity contribution in [1.82, 2.24) is 5.32 Å². The zero-order chi connectivity index (χ0) is 16.5. The van der Waals surface area contributed by atoms with Gasteiger partial charge in [0.25, 0.3) is 0 Å². The van der Waals surface area contributed by atoms with Gasteiger partial charge in [0, 0.05) is 18.3 Å². The second-order valence-corrected chi connectivity index (χ2v) is 4.72. The van der Waals surface area contributed by atoms with Crippen LogP contribution in [0.5, 0.6) is 11.5 Å². The second-order valence-electron chi connectivity index (χ2n) is 4.72. The number of rotatable bonds is 6. The van der Waals surface area contributed by atoms with E-state index < -0.39 is 0 Å². The number of ether oxygens (including phenoxy) is 1. The number of likely N-dealkylation sites (N-methyl/N-ethyl adjacent to an activating group) is 1. The maximum absolute atomic E-state index is 11.3. The van der Waals surface area contributed by atoms with E-state index in [9.17, 15) is 4.79 Å². The Morgan fingerprint density at radius 3 is 2.54 bits per heavy atom. The second kappa shape index (κ2) is 10.5. The summed E-state index contributed by atoms with van der Waals surface area (Å²) in [6.45, 7) is 2.41. The van der Waals surface area contributed by atoms with Crippen LogP contribution < -0.4 is 21.1 Å². The number of carbonyl (C=O) groups excluding carboxylic acids is 1. The Kier molecular flexibility index (Phi) is 8.63. The SMILES string of the molecule is CCNC(=O)CN=C(N)Nc1cccc(Oc2ccccc2)c1.I. The zero-order valence-electron chi connectivity index (χ0n) is 13.4. The molecule has 0 saturated carbocycles. The van der Waals surface area contributed by atoms with Gasteiger partial charge in [-0.1, -0.05) is 24.3 Å². The van der Waals surface area contributed by atoms with Crippen molar-refractivity contribution >= 4 is 41.5 Å². The van der Waals surface area contributed by atoms with Crippen LogP contribution in [-0.4, -0.2) is 25.0 Å². The molecular weight excluding hydrogens is 419 g/mol. The summed E-state index contributed by atoms with van der Waals surface area (Å²) in [5, 5.41) is 5.59. The maximum Gasteiger partial charge on any atom is 0.241 e. The molecule has 0 heterocycles. The van der Waals surface area contributed by atoms with Crippen LogP contribution in [0.2, 0.25) is 0 Å². The molecule has 0 aliphatic rings. The molecule has 0 atom stereocenters. The van der Waals surface area contributed by atoms with Crippen LogP contribution in [-0.2, 0) is 4.79 Å². The summed E-state index contributed by atoms with van der Waals surface area (Å²) < 4.78 is 5.75. The van der Waals surface area contributed by atoms with Gasteiger partial charge in [-0.25, -0.2) is 4.99 Å². The van der Waals surface area contributed by atoms with Crippen LogP contribution >= 0.6 is 24.0 Å². The molecule has 0 bridgehead atoms. The Balaban J connectivity index is 0.00000288. The molecule has 0 saturated heterocycles. The topological polar surface area (TPSA) is 88.7 Å². The third-order valence-corrected chi connectivity index (χ3v) is 2.85. The molecule has 2 rings (SSSR count). The van der Waals surface area contributed by atoms with Crippen LogP contribution in [0.3, 0.4) is 0 Å². The summed E-state index contributed by atoms with van der Waals surface area (Å²) in [5.41, 5.74) is 6.50. The van der Waals surface area contributed by atoms with Gasteiger partial charge in [0.2, 0.25) is 5.91 Å². The number of hydrogen-bond acceptors (Lipinski definition) is 3. The Labute approximate surface area is 158 Å². The van der Waals surface area contributed by atoms with Gasteiger partial charge in [0.05, 0.1) is 0 Å². The van der Waals surface area contributed by atoms with Gasteiger partial charge in [-0.3, -0.25) is 4.79 Å². The normalized spacial score (nSPS) is 10.5. The molecule has 0 fully saturated rings. The average Bonchev–Trinajstić information content (AvgIpc) is 2.55. The minimum atomic E-state index is -0.168. The Morgan fingerprint density at radius 2 is 1.83 bits per heavy atom. The first kappa shape index (κ1) is 19.8. The molecule has 6 nitrogen and oxygen atoms in total. The van der Waals surface area contributed by atoms with E-state index in [0.717, 1.165) is 11.4 Å². The monoisotopic (exact) mass is 440 g/mol. The summed E-state index contributed by atoms with van der Waals surface area (Å²) >= 11 is 0. The highest BCUT2D eigenvalue weighted by Gasteiger charge is 2.01. The van der Waals surface area contributed by atoms with E-state index in [1.165, 1.54) is 0 Å². The predicted octanol–water partition coefficient (Wildman–Crippen LogP) is 2.96. The van der Waals surface area contributed by atoms with Gasteiger partial charge in [0.15, 0.2) is 5.96 Å². The molecule has 7 heteroatoms. The summed E-state index contributed by atoms with van der Waals surface area (Å²) in [5.74, 6) is 1.44. The van der Waals surface area contributed by atoms with Crippen molar-refractivity contribution < 1.29 is 9.53 Å². The molecule has 2 aromatic carbocycles. The van der Waals surface area contributed by atoms with Crippen molar-refractivity contribution in [3.63, 3.8) is 0 Å². The zero-order valence-corrected chi connectivity index (χ0v) is 15.7. The molecule has 0 aliphatic heterocycles. The van der Waals surface area contributed by atoms with Crippen molar-refractivity contribution in [3.05, 3.63) is 54.6 Å². The molecule has 0 unspecified atom stereocenters. The number of guanidine groups is 1. The molecule has 2 aromatic rings. The Hall–Kier alpha value is -2.29. The molecular formula is C17H21IN4O2. The number of hydrogen-bond donors (Lipinski definition) is 3. The van der Waals surface area contributed by atoms with Gasteiger partial charge in [0.1, 0.15) is 18.0 Å². The van der Waals surface area contributed by atoms with E-state index >= 15 is 0 Å². The average molecular weight is 440 g/mol. The number of carbonyl (C=O) groups is 1. The van der Waals surface area contributed by atoms with Crippen molar-refractivity contribution in [1.29, 1.82) is 0 Å². The molecule has 1 amide bonds. The van der Waals surface area contributed by atoms with Crippen molar-refractivity contribution in [2.24, 2.45) is 10.7 Å². The lowest BCUT2D eigenvalue weighted by Gasteiger charge is -2.09. The fourth-order valence-corrected chi connectivity index (χ4v) is 1.86. The lowest BCUT2D eigenvalue weighted by Crippen LogP contribution is -2.28. The highest BCUT2D eigenvalue weighted by molar-refractivity contribution is 14.0. The van der Waals surface area contributed by atoms with Crippen molar-refractivity contribution in [2.75, 3.05) is 18.4 Å². The Bertz CT molecular complexity index is 677. The number of aliphatic imine (C=N–C) groups is 1. The third kappa shape index (κ3) is 6.86. The van der Waals surface area contributed by atoms with Crippen LogP contribution in [0.1, 0.15) is 6.92 Å². The van der Waals surface area contributed by atoms with E-state index in [1.54, 1.807) is 0 Å². The number of benzene rings is 2. The van der Waals surface area contributed by atoms with E-state index in [4.69, 9.17) is 10.5 Å². The van der Waals surface area contributed by atoms with Gasteiger partial charge < -0.3 is 21.1 Å². The number of nitrogens with zero attached hydrogens (tertiary/aromatic N) is 1. The molecule has 0 spiro atoms. The summed E-state index contributed by atoms with van der Waals surface area (Å²) in [6, 6.07) is 16.8.